The summed E-state index contributed by atoms with van der Waals surface area (Å²) in [7, 11) is 1.80. The molecular weight excluding hydrogens is 246 g/mol. The predicted octanol–water partition coefficient (Wildman–Crippen LogP) is 0.838. The predicted molar refractivity (Wildman–Crippen MR) is 70.9 cm³/mol. The van der Waals surface area contributed by atoms with E-state index in [1.54, 1.807) is 17.9 Å². The SMILES string of the molecule is CCc1nn(C)cc1NC(=O)C1(/C(N)=N/O)CCC1. The molecule has 1 aromatic rings. The summed E-state index contributed by atoms with van der Waals surface area (Å²) < 4.78 is 1.66. The molecule has 1 saturated carbocycles. The Kier molecular flexibility index (Phi) is 3.46. The first-order valence-electron chi connectivity index (χ1n) is 6.35. The van der Waals surface area contributed by atoms with E-state index < -0.39 is 5.41 Å². The molecule has 1 heterocycles. The maximum atomic E-state index is 12.4. The van der Waals surface area contributed by atoms with E-state index in [2.05, 4.69) is 15.6 Å². The Bertz CT molecular complexity index is 516. The van der Waals surface area contributed by atoms with Crippen LogP contribution in [0.3, 0.4) is 0 Å². The van der Waals surface area contributed by atoms with E-state index >= 15 is 0 Å². The lowest BCUT2D eigenvalue weighted by atomic mass is 9.67. The first kappa shape index (κ1) is 13.4. The number of amides is 1. The van der Waals surface area contributed by atoms with E-state index in [0.29, 0.717) is 18.5 Å². The van der Waals surface area contributed by atoms with Crippen LogP contribution >= 0.6 is 0 Å². The van der Waals surface area contributed by atoms with E-state index in [0.717, 1.165) is 18.5 Å². The van der Waals surface area contributed by atoms with Crippen molar-refractivity contribution in [3.05, 3.63) is 11.9 Å². The molecule has 7 heteroatoms. The fourth-order valence-electron chi connectivity index (χ4n) is 2.37. The molecule has 19 heavy (non-hydrogen) atoms. The molecule has 4 N–H and O–H groups in total. The lowest BCUT2D eigenvalue weighted by Crippen LogP contribution is -2.51. The van der Waals surface area contributed by atoms with E-state index in [9.17, 15) is 4.79 Å². The van der Waals surface area contributed by atoms with Crippen molar-refractivity contribution in [3.63, 3.8) is 0 Å². The zero-order chi connectivity index (χ0) is 14.0. The summed E-state index contributed by atoms with van der Waals surface area (Å²) >= 11 is 0. The second kappa shape index (κ2) is 4.91. The van der Waals surface area contributed by atoms with Crippen molar-refractivity contribution in [1.29, 1.82) is 0 Å². The van der Waals surface area contributed by atoms with Gasteiger partial charge < -0.3 is 16.3 Å². The highest BCUT2D eigenvalue weighted by Crippen LogP contribution is 2.42. The maximum Gasteiger partial charge on any atom is 0.238 e. The van der Waals surface area contributed by atoms with Gasteiger partial charge in [0.25, 0.3) is 0 Å². The lowest BCUT2D eigenvalue weighted by molar-refractivity contribution is -0.125. The number of aromatic nitrogens is 2. The summed E-state index contributed by atoms with van der Waals surface area (Å²) in [6.45, 7) is 1.97. The van der Waals surface area contributed by atoms with Crippen molar-refractivity contribution >= 4 is 17.4 Å². The van der Waals surface area contributed by atoms with Crippen molar-refractivity contribution < 1.29 is 10.0 Å². The van der Waals surface area contributed by atoms with Gasteiger partial charge in [0.15, 0.2) is 5.84 Å². The summed E-state index contributed by atoms with van der Waals surface area (Å²) in [6, 6.07) is 0. The van der Waals surface area contributed by atoms with E-state index in [1.165, 1.54) is 0 Å². The van der Waals surface area contributed by atoms with Gasteiger partial charge in [-0.05, 0) is 19.3 Å². The first-order valence-corrected chi connectivity index (χ1v) is 6.35. The van der Waals surface area contributed by atoms with Gasteiger partial charge in [0.05, 0.1) is 11.4 Å². The number of nitrogens with two attached hydrogens (primary N) is 1. The molecule has 0 unspecified atom stereocenters. The summed E-state index contributed by atoms with van der Waals surface area (Å²) in [5.41, 5.74) is 6.31. The smallest absolute Gasteiger partial charge is 0.238 e. The molecule has 0 atom stereocenters. The third-order valence-electron chi connectivity index (χ3n) is 3.73. The van der Waals surface area contributed by atoms with Gasteiger partial charge in [-0.15, -0.1) is 0 Å². The average Bonchev–Trinajstić information content (AvgIpc) is 2.67. The number of aryl methyl sites for hydroxylation is 2. The third kappa shape index (κ3) is 2.16. The van der Waals surface area contributed by atoms with Gasteiger partial charge in [0, 0.05) is 13.2 Å². The molecule has 1 fully saturated rings. The largest absolute Gasteiger partial charge is 0.409 e. The molecule has 0 bridgehead atoms. The Morgan fingerprint density at radius 2 is 2.37 bits per heavy atom. The van der Waals surface area contributed by atoms with Crippen LogP contribution in [-0.2, 0) is 18.3 Å². The molecule has 1 aliphatic rings. The monoisotopic (exact) mass is 265 g/mol. The number of rotatable bonds is 4. The number of amidine groups is 1. The quantitative estimate of drug-likeness (QED) is 0.324. The van der Waals surface area contributed by atoms with Crippen LogP contribution in [0.5, 0.6) is 0 Å². The Morgan fingerprint density at radius 1 is 1.68 bits per heavy atom. The minimum absolute atomic E-state index is 0.0156. The summed E-state index contributed by atoms with van der Waals surface area (Å²) in [5, 5.41) is 18.9. The summed E-state index contributed by atoms with van der Waals surface area (Å²) in [4.78, 5) is 12.4. The molecule has 0 spiro atoms. The molecule has 1 aromatic heterocycles. The van der Waals surface area contributed by atoms with Crippen molar-refractivity contribution in [2.45, 2.75) is 32.6 Å². The Morgan fingerprint density at radius 3 is 2.84 bits per heavy atom. The highest BCUT2D eigenvalue weighted by molar-refractivity contribution is 6.12. The van der Waals surface area contributed by atoms with Gasteiger partial charge in [0.2, 0.25) is 5.91 Å². The number of carbonyl (C=O) groups excluding carboxylic acids is 1. The maximum absolute atomic E-state index is 12.4. The van der Waals surface area contributed by atoms with Gasteiger partial charge in [-0.1, -0.05) is 18.5 Å². The van der Waals surface area contributed by atoms with Crippen LogP contribution < -0.4 is 11.1 Å². The number of hydrogen-bond donors (Lipinski definition) is 3. The molecule has 0 aromatic carbocycles. The van der Waals surface area contributed by atoms with Gasteiger partial charge in [0.1, 0.15) is 5.41 Å². The number of hydrogen-bond acceptors (Lipinski definition) is 4. The van der Waals surface area contributed by atoms with Crippen LogP contribution in [0.1, 0.15) is 31.9 Å². The molecule has 0 radical (unpaired) electrons. The minimum atomic E-state index is -0.865. The normalized spacial score (nSPS) is 17.9. The van der Waals surface area contributed by atoms with Crippen LogP contribution in [0.4, 0.5) is 5.69 Å². The van der Waals surface area contributed by atoms with E-state index in [4.69, 9.17) is 10.9 Å². The number of nitrogens with one attached hydrogen (secondary N) is 1. The Hall–Kier alpha value is -2.05. The molecule has 1 aliphatic carbocycles. The Labute approximate surface area is 111 Å². The minimum Gasteiger partial charge on any atom is -0.409 e. The second-order valence-electron chi connectivity index (χ2n) is 4.89. The highest BCUT2D eigenvalue weighted by atomic mass is 16.4. The molecule has 104 valence electrons. The van der Waals surface area contributed by atoms with Gasteiger partial charge in [-0.25, -0.2) is 0 Å². The van der Waals surface area contributed by atoms with E-state index in [-0.39, 0.29) is 11.7 Å². The summed E-state index contributed by atoms with van der Waals surface area (Å²) in [5.74, 6) is -0.241. The van der Waals surface area contributed by atoms with Gasteiger partial charge >= 0.3 is 0 Å². The zero-order valence-electron chi connectivity index (χ0n) is 11.2. The average molecular weight is 265 g/mol. The number of anilines is 1. The van der Waals surface area contributed by atoms with Crippen LogP contribution in [0.25, 0.3) is 0 Å². The van der Waals surface area contributed by atoms with Gasteiger partial charge in [-0.3, -0.25) is 9.48 Å². The fourth-order valence-corrected chi connectivity index (χ4v) is 2.37. The van der Waals surface area contributed by atoms with Gasteiger partial charge in [-0.2, -0.15) is 5.10 Å². The van der Waals surface area contributed by atoms with Crippen molar-refractivity contribution in [3.8, 4) is 0 Å². The standard InChI is InChI=1S/C12H19N5O2/c1-3-8-9(7-17(2)15-8)14-11(18)12(5-4-6-12)10(13)16-19/h7,19H,3-6H2,1-2H3,(H2,13,16)(H,14,18). The molecule has 0 aliphatic heterocycles. The number of carbonyl (C=O) groups is 1. The fraction of sp³-hybridized carbons (Fsp3) is 0.583. The van der Waals surface area contributed by atoms with Crippen LogP contribution in [0, 0.1) is 5.41 Å². The van der Waals surface area contributed by atoms with Crippen molar-refractivity contribution in [1.82, 2.24) is 9.78 Å². The Balaban J connectivity index is 2.20. The lowest BCUT2D eigenvalue weighted by Gasteiger charge is -2.38. The zero-order valence-corrected chi connectivity index (χ0v) is 11.2. The van der Waals surface area contributed by atoms with Crippen LogP contribution in [-0.4, -0.2) is 26.7 Å². The summed E-state index contributed by atoms with van der Waals surface area (Å²) in [6.07, 6.45) is 4.60. The van der Waals surface area contributed by atoms with Crippen molar-refractivity contribution in [2.75, 3.05) is 5.32 Å². The molecule has 2 rings (SSSR count). The third-order valence-corrected chi connectivity index (χ3v) is 3.73. The molecule has 0 saturated heterocycles. The number of nitrogens with zero attached hydrogens (tertiary/aromatic N) is 3. The highest BCUT2D eigenvalue weighted by Gasteiger charge is 2.48. The first-order chi connectivity index (χ1) is 9.03. The topological polar surface area (TPSA) is 106 Å². The van der Waals surface area contributed by atoms with Crippen LogP contribution in [0.2, 0.25) is 0 Å². The van der Waals surface area contributed by atoms with Crippen LogP contribution in [0.15, 0.2) is 11.4 Å². The van der Waals surface area contributed by atoms with E-state index in [1.807, 2.05) is 6.92 Å². The molecule has 7 nitrogen and oxygen atoms in total. The number of oxime groups is 1. The molecular formula is C12H19N5O2. The van der Waals surface area contributed by atoms with Crippen molar-refractivity contribution in [2.24, 2.45) is 23.4 Å². The molecule has 1 amide bonds. The second-order valence-corrected chi connectivity index (χ2v) is 4.89.